The third kappa shape index (κ3) is 6.68. The fourth-order valence-electron chi connectivity index (χ4n) is 2.29. The van der Waals surface area contributed by atoms with Crippen LogP contribution < -0.4 is 0 Å². The van der Waals surface area contributed by atoms with Gasteiger partial charge < -0.3 is 5.11 Å². The summed E-state index contributed by atoms with van der Waals surface area (Å²) in [4.78, 5) is 55.5. The lowest BCUT2D eigenvalue weighted by Gasteiger charge is -2.28. The van der Waals surface area contributed by atoms with Gasteiger partial charge in [0, 0.05) is 0 Å². The Kier molecular flexibility index (Phi) is 7.68. The Morgan fingerprint density at radius 1 is 0.733 bits per heavy atom. The fourth-order valence-corrected chi connectivity index (χ4v) is 2.29. The molecule has 0 radical (unpaired) electrons. The Morgan fingerprint density at radius 3 is 1.60 bits per heavy atom. The number of carboxylic acid groups (broad SMARTS) is 1. The van der Waals surface area contributed by atoms with E-state index in [0.29, 0.717) is 5.56 Å². The zero-order valence-corrected chi connectivity index (χ0v) is 17.0. The summed E-state index contributed by atoms with van der Waals surface area (Å²) < 4.78 is 0. The van der Waals surface area contributed by atoms with E-state index in [1.165, 1.54) is 19.1 Å². The van der Waals surface area contributed by atoms with Crippen molar-refractivity contribution in [3.05, 3.63) is 71.8 Å². The van der Waals surface area contributed by atoms with E-state index in [1.807, 2.05) is 0 Å². The zero-order chi connectivity index (χ0) is 22.2. The number of carbonyl (C=O) groups excluding carboxylic acids is 2. The van der Waals surface area contributed by atoms with Crippen LogP contribution in [0.3, 0.4) is 0 Å². The first-order valence-electron chi connectivity index (χ1n) is 9.26. The molecule has 2 aromatic carbocycles. The molecule has 0 aromatic heterocycles. The molecule has 0 heterocycles. The van der Waals surface area contributed by atoms with Gasteiger partial charge in [0.05, 0.1) is 11.1 Å². The first kappa shape index (κ1) is 23.1. The molecule has 0 saturated heterocycles. The molecule has 1 unspecified atom stereocenters. The molecule has 8 nitrogen and oxygen atoms in total. The second-order valence-electron chi connectivity index (χ2n) is 7.44. The lowest BCUT2D eigenvalue weighted by molar-refractivity contribution is -0.324. The molecule has 0 aliphatic rings. The minimum Gasteiger partial charge on any atom is -0.479 e. The van der Waals surface area contributed by atoms with Crippen molar-refractivity contribution in [2.24, 2.45) is 0 Å². The molecule has 2 rings (SSSR count). The number of carbonyl (C=O) groups is 3. The molecule has 0 fully saturated rings. The van der Waals surface area contributed by atoms with Crippen LogP contribution in [-0.2, 0) is 24.3 Å². The Labute approximate surface area is 174 Å². The highest BCUT2D eigenvalue weighted by molar-refractivity contribution is 5.89. The Bertz CT molecular complexity index is 863. The minimum absolute atomic E-state index is 0.0830. The monoisotopic (exact) mass is 416 g/mol. The second-order valence-corrected chi connectivity index (χ2v) is 7.44. The summed E-state index contributed by atoms with van der Waals surface area (Å²) in [6.45, 7) is 4.53. The third-order valence-corrected chi connectivity index (χ3v) is 4.32. The normalized spacial score (nSPS) is 13.2. The van der Waals surface area contributed by atoms with E-state index in [1.54, 1.807) is 62.4 Å². The van der Waals surface area contributed by atoms with Crippen molar-refractivity contribution < 1.29 is 39.0 Å². The maximum Gasteiger partial charge on any atom is 0.373 e. The molecule has 0 spiro atoms. The maximum absolute atomic E-state index is 12.0. The molecule has 0 saturated carbocycles. The molecule has 1 atom stereocenters. The van der Waals surface area contributed by atoms with Gasteiger partial charge in [-0.25, -0.2) is 14.4 Å². The maximum atomic E-state index is 12.0. The molecule has 30 heavy (non-hydrogen) atoms. The SMILES string of the molecule is CC(C)(CCC(C)(OOC(=O)c1ccccc1)C(=O)O)OOC(=O)c1ccccc1. The van der Waals surface area contributed by atoms with Gasteiger partial charge in [-0.3, -0.25) is 9.78 Å². The van der Waals surface area contributed by atoms with E-state index in [0.717, 1.165) is 0 Å². The predicted molar refractivity (Wildman–Crippen MR) is 105 cm³/mol. The number of rotatable bonds is 10. The van der Waals surface area contributed by atoms with Crippen LogP contribution in [0.2, 0.25) is 0 Å². The van der Waals surface area contributed by atoms with Gasteiger partial charge in [0.25, 0.3) is 0 Å². The molecular weight excluding hydrogens is 392 g/mol. The number of aliphatic carboxylic acids is 1. The summed E-state index contributed by atoms with van der Waals surface area (Å²) in [5.41, 5.74) is -2.30. The lowest BCUT2D eigenvalue weighted by Crippen LogP contribution is -2.41. The molecule has 8 heteroatoms. The van der Waals surface area contributed by atoms with Gasteiger partial charge in [0.1, 0.15) is 5.60 Å². The molecule has 160 valence electrons. The van der Waals surface area contributed by atoms with Crippen LogP contribution in [0.1, 0.15) is 54.3 Å². The van der Waals surface area contributed by atoms with Crippen LogP contribution in [0, 0.1) is 0 Å². The van der Waals surface area contributed by atoms with Gasteiger partial charge in [0.2, 0.25) is 5.60 Å². The minimum atomic E-state index is -1.82. The molecule has 1 N–H and O–H groups in total. The smallest absolute Gasteiger partial charge is 0.373 e. The predicted octanol–water partition coefficient (Wildman–Crippen LogP) is 3.97. The van der Waals surface area contributed by atoms with E-state index in [-0.39, 0.29) is 18.4 Å². The summed E-state index contributed by atoms with van der Waals surface area (Å²) in [6.07, 6.45) is 0.0427. The number of benzene rings is 2. The topological polar surface area (TPSA) is 108 Å². The number of hydrogen-bond acceptors (Lipinski definition) is 7. The molecule has 0 aliphatic heterocycles. The van der Waals surface area contributed by atoms with Crippen molar-refractivity contribution in [2.45, 2.75) is 44.8 Å². The summed E-state index contributed by atoms with van der Waals surface area (Å²) in [6, 6.07) is 16.3. The Balaban J connectivity index is 1.90. The molecule has 0 aliphatic carbocycles. The second kappa shape index (κ2) is 10.00. The van der Waals surface area contributed by atoms with Crippen molar-refractivity contribution in [3.8, 4) is 0 Å². The van der Waals surface area contributed by atoms with Crippen molar-refractivity contribution in [1.82, 2.24) is 0 Å². The first-order valence-corrected chi connectivity index (χ1v) is 9.26. The molecular formula is C22H24O8. The van der Waals surface area contributed by atoms with Crippen molar-refractivity contribution in [2.75, 3.05) is 0 Å². The van der Waals surface area contributed by atoms with Crippen LogP contribution in [0.5, 0.6) is 0 Å². The molecule has 2 aromatic rings. The Hall–Kier alpha value is -3.23. The standard InChI is InChI=1S/C22H24O8/c1-21(2,29-27-18(23)16-10-6-4-7-11-16)14-15-22(3,20(25)26)30-28-19(24)17-12-8-5-9-13-17/h4-13H,14-15H2,1-3H3,(H,25,26). The van der Waals surface area contributed by atoms with Crippen LogP contribution in [0.4, 0.5) is 0 Å². The summed E-state index contributed by atoms with van der Waals surface area (Å²) in [5.74, 6) is -2.80. The average molecular weight is 416 g/mol. The fraction of sp³-hybridized carbons (Fsp3) is 0.318. The van der Waals surface area contributed by atoms with Crippen LogP contribution in [0.25, 0.3) is 0 Å². The summed E-state index contributed by atoms with van der Waals surface area (Å²) in [5, 5.41) is 9.54. The van der Waals surface area contributed by atoms with Gasteiger partial charge in [-0.2, -0.15) is 9.78 Å². The molecule has 0 amide bonds. The van der Waals surface area contributed by atoms with E-state index >= 15 is 0 Å². The van der Waals surface area contributed by atoms with E-state index in [2.05, 4.69) is 0 Å². The Morgan fingerprint density at radius 2 is 1.17 bits per heavy atom. The van der Waals surface area contributed by atoms with Crippen molar-refractivity contribution >= 4 is 17.9 Å². The summed E-state index contributed by atoms with van der Waals surface area (Å²) >= 11 is 0. The van der Waals surface area contributed by atoms with Gasteiger partial charge >= 0.3 is 17.9 Å². The highest BCUT2D eigenvalue weighted by atomic mass is 17.2. The van der Waals surface area contributed by atoms with Gasteiger partial charge in [-0.15, -0.1) is 0 Å². The van der Waals surface area contributed by atoms with Crippen LogP contribution in [0.15, 0.2) is 60.7 Å². The molecule has 0 bridgehead atoms. The van der Waals surface area contributed by atoms with Gasteiger partial charge in [0.15, 0.2) is 0 Å². The number of carboxylic acids is 1. The first-order chi connectivity index (χ1) is 14.1. The average Bonchev–Trinajstić information content (AvgIpc) is 2.75. The zero-order valence-electron chi connectivity index (χ0n) is 17.0. The van der Waals surface area contributed by atoms with Crippen molar-refractivity contribution in [1.29, 1.82) is 0 Å². The highest BCUT2D eigenvalue weighted by Crippen LogP contribution is 2.26. The number of hydrogen-bond donors (Lipinski definition) is 1. The van der Waals surface area contributed by atoms with Gasteiger partial charge in [-0.1, -0.05) is 36.4 Å². The largest absolute Gasteiger partial charge is 0.479 e. The van der Waals surface area contributed by atoms with E-state index < -0.39 is 29.1 Å². The quantitative estimate of drug-likeness (QED) is 0.458. The highest BCUT2D eigenvalue weighted by Gasteiger charge is 2.40. The van der Waals surface area contributed by atoms with E-state index in [9.17, 15) is 19.5 Å². The van der Waals surface area contributed by atoms with E-state index in [4.69, 9.17) is 19.6 Å². The lowest BCUT2D eigenvalue weighted by atomic mass is 9.93. The van der Waals surface area contributed by atoms with Crippen LogP contribution >= 0.6 is 0 Å². The summed E-state index contributed by atoms with van der Waals surface area (Å²) in [7, 11) is 0. The van der Waals surface area contributed by atoms with Gasteiger partial charge in [-0.05, 0) is 57.9 Å². The van der Waals surface area contributed by atoms with Crippen LogP contribution in [-0.4, -0.2) is 34.2 Å². The van der Waals surface area contributed by atoms with Crippen molar-refractivity contribution in [3.63, 3.8) is 0 Å². The third-order valence-electron chi connectivity index (χ3n) is 4.32.